The second-order valence-corrected chi connectivity index (χ2v) is 5.85. The molecule has 4 nitrogen and oxygen atoms in total. The molecule has 3 rings (SSSR count). The van der Waals surface area contributed by atoms with E-state index in [1.54, 1.807) is 6.07 Å². The number of fused-ring (bicyclic) bond motifs is 2. The van der Waals surface area contributed by atoms with Crippen LogP contribution in [0.5, 0.6) is 0 Å². The van der Waals surface area contributed by atoms with Gasteiger partial charge in [-0.05, 0) is 32.3 Å². The van der Waals surface area contributed by atoms with Crippen LogP contribution in [0.15, 0.2) is 29.3 Å². The fourth-order valence-corrected chi connectivity index (χ4v) is 3.27. The van der Waals surface area contributed by atoms with Crippen LogP contribution in [0, 0.1) is 0 Å². The van der Waals surface area contributed by atoms with Gasteiger partial charge in [0.15, 0.2) is 11.6 Å². The Morgan fingerprint density at radius 1 is 1.50 bits per heavy atom. The zero-order valence-electron chi connectivity index (χ0n) is 11.3. The molecule has 0 radical (unpaired) electrons. The molecule has 1 aromatic rings. The molecule has 0 amide bonds. The number of benzene rings is 1. The maximum absolute atomic E-state index is 12.7. The third-order valence-corrected chi connectivity index (χ3v) is 4.31. The Labute approximate surface area is 123 Å². The van der Waals surface area contributed by atoms with Crippen LogP contribution in [0.2, 0.25) is 5.02 Å². The van der Waals surface area contributed by atoms with Gasteiger partial charge in [0.05, 0.1) is 6.04 Å². The Balaban J connectivity index is 2.19. The quantitative estimate of drug-likeness (QED) is 0.910. The number of ether oxygens (including phenoxy) is 1. The lowest BCUT2D eigenvalue weighted by atomic mass is 9.74. The fourth-order valence-electron chi connectivity index (χ4n) is 2.98. The molecule has 1 heterocycles. The molecule has 106 valence electrons. The number of carbonyl (C=O) groups excluding carboxylic acids is 1. The molecule has 1 saturated carbocycles. The molecule has 2 bridgehead atoms. The molecular weight excluding hydrogens is 276 g/mol. The van der Waals surface area contributed by atoms with E-state index in [-0.39, 0.29) is 11.8 Å². The molecule has 0 saturated heterocycles. The monoisotopic (exact) mass is 292 g/mol. The standard InChI is InChI=1S/C15H17ClN2O2/c1-9(17)14-18-15(10-5-2-3-6-11(10)16)8-4-7-12(20-14)13(15)19/h2-3,5-6,9,12H,4,7-8,17H2,1H3. The molecule has 3 atom stereocenters. The molecule has 1 fully saturated rings. The Kier molecular flexibility index (Phi) is 3.30. The summed E-state index contributed by atoms with van der Waals surface area (Å²) in [6, 6.07) is 7.06. The number of carbonyl (C=O) groups is 1. The lowest BCUT2D eigenvalue weighted by Gasteiger charge is -2.42. The highest BCUT2D eigenvalue weighted by molar-refractivity contribution is 6.32. The number of rotatable bonds is 2. The van der Waals surface area contributed by atoms with Crippen molar-refractivity contribution in [1.82, 2.24) is 0 Å². The highest BCUT2D eigenvalue weighted by Gasteiger charge is 2.51. The van der Waals surface area contributed by atoms with Gasteiger partial charge in [-0.3, -0.25) is 4.79 Å². The lowest BCUT2D eigenvalue weighted by molar-refractivity contribution is -0.137. The van der Waals surface area contributed by atoms with Gasteiger partial charge in [0.1, 0.15) is 0 Å². The van der Waals surface area contributed by atoms with E-state index in [1.165, 1.54) is 0 Å². The van der Waals surface area contributed by atoms with Crippen molar-refractivity contribution < 1.29 is 9.53 Å². The number of aliphatic imine (C=N–C) groups is 1. The predicted molar refractivity (Wildman–Crippen MR) is 77.9 cm³/mol. The first-order valence-corrected chi connectivity index (χ1v) is 7.24. The zero-order valence-corrected chi connectivity index (χ0v) is 12.1. The summed E-state index contributed by atoms with van der Waals surface area (Å²) >= 11 is 6.30. The van der Waals surface area contributed by atoms with Crippen molar-refractivity contribution in [2.45, 2.75) is 43.9 Å². The average molecular weight is 293 g/mol. The lowest BCUT2D eigenvalue weighted by Crippen LogP contribution is -2.53. The van der Waals surface area contributed by atoms with E-state index < -0.39 is 11.6 Å². The first-order chi connectivity index (χ1) is 9.54. The molecule has 1 aromatic carbocycles. The number of halogens is 1. The van der Waals surface area contributed by atoms with Crippen LogP contribution < -0.4 is 5.73 Å². The number of ketones is 1. The molecular formula is C15H17ClN2O2. The summed E-state index contributed by atoms with van der Waals surface area (Å²) in [7, 11) is 0. The van der Waals surface area contributed by atoms with Crippen molar-refractivity contribution in [2.24, 2.45) is 10.7 Å². The average Bonchev–Trinajstić information content (AvgIpc) is 2.39. The Hall–Kier alpha value is -1.39. The second kappa shape index (κ2) is 4.86. The third-order valence-electron chi connectivity index (χ3n) is 3.98. The SMILES string of the molecule is CC(N)C1=NC2(c3ccccc3Cl)CCCC(O1)C2=O. The van der Waals surface area contributed by atoms with Crippen LogP contribution in [-0.4, -0.2) is 23.8 Å². The van der Waals surface area contributed by atoms with Crippen molar-refractivity contribution in [3.63, 3.8) is 0 Å². The number of nitrogens with two attached hydrogens (primary N) is 1. The van der Waals surface area contributed by atoms with E-state index in [0.717, 1.165) is 18.4 Å². The van der Waals surface area contributed by atoms with Crippen LogP contribution >= 0.6 is 11.6 Å². The number of hydrogen-bond acceptors (Lipinski definition) is 4. The van der Waals surface area contributed by atoms with Gasteiger partial charge < -0.3 is 10.5 Å². The van der Waals surface area contributed by atoms with Crippen molar-refractivity contribution >= 4 is 23.3 Å². The minimum absolute atomic E-state index is 0.00116. The molecule has 0 spiro atoms. The smallest absolute Gasteiger partial charge is 0.205 e. The van der Waals surface area contributed by atoms with Gasteiger partial charge in [0, 0.05) is 10.6 Å². The molecule has 5 heteroatoms. The van der Waals surface area contributed by atoms with Crippen molar-refractivity contribution in [2.75, 3.05) is 0 Å². The van der Waals surface area contributed by atoms with E-state index in [2.05, 4.69) is 4.99 Å². The zero-order chi connectivity index (χ0) is 14.3. The Bertz CT molecular complexity index is 585. The minimum Gasteiger partial charge on any atom is -0.468 e. The van der Waals surface area contributed by atoms with Crippen LogP contribution in [0.25, 0.3) is 0 Å². The topological polar surface area (TPSA) is 64.7 Å². The number of hydrogen-bond donors (Lipinski definition) is 1. The van der Waals surface area contributed by atoms with Gasteiger partial charge >= 0.3 is 0 Å². The summed E-state index contributed by atoms with van der Waals surface area (Å²) < 4.78 is 5.65. The van der Waals surface area contributed by atoms with E-state index in [4.69, 9.17) is 22.1 Å². The largest absolute Gasteiger partial charge is 0.468 e. The highest BCUT2D eigenvalue weighted by Crippen LogP contribution is 2.44. The van der Waals surface area contributed by atoms with E-state index in [9.17, 15) is 4.79 Å². The van der Waals surface area contributed by atoms with E-state index in [1.807, 2.05) is 25.1 Å². The van der Waals surface area contributed by atoms with Gasteiger partial charge in [0.2, 0.25) is 11.7 Å². The predicted octanol–water partition coefficient (Wildman–Crippen LogP) is 2.43. The van der Waals surface area contributed by atoms with Crippen LogP contribution in [0.4, 0.5) is 0 Å². The molecule has 0 aromatic heterocycles. The molecule has 3 unspecified atom stereocenters. The molecule has 1 aliphatic carbocycles. The van der Waals surface area contributed by atoms with Crippen molar-refractivity contribution in [3.8, 4) is 0 Å². The summed E-state index contributed by atoms with van der Waals surface area (Å²) in [6.07, 6.45) is 1.82. The first kappa shape index (κ1) is 13.6. The molecule has 2 N–H and O–H groups in total. The normalized spacial score (nSPS) is 30.4. The summed E-state index contributed by atoms with van der Waals surface area (Å²) in [5.74, 6) is 0.454. The maximum atomic E-state index is 12.7. The van der Waals surface area contributed by atoms with Gasteiger partial charge in [-0.2, -0.15) is 0 Å². The van der Waals surface area contributed by atoms with Gasteiger partial charge in [-0.15, -0.1) is 0 Å². The molecule has 20 heavy (non-hydrogen) atoms. The van der Waals surface area contributed by atoms with Crippen LogP contribution in [0.3, 0.4) is 0 Å². The number of Topliss-reactive ketones (excluding diaryl/α,β-unsaturated/α-hetero) is 1. The number of nitrogens with zero attached hydrogens (tertiary/aromatic N) is 1. The van der Waals surface area contributed by atoms with Crippen LogP contribution in [0.1, 0.15) is 31.7 Å². The summed E-state index contributed by atoms with van der Waals surface area (Å²) in [4.78, 5) is 17.3. The Morgan fingerprint density at radius 2 is 2.25 bits per heavy atom. The summed E-state index contributed by atoms with van der Waals surface area (Å²) in [6.45, 7) is 1.81. The van der Waals surface area contributed by atoms with E-state index >= 15 is 0 Å². The Morgan fingerprint density at radius 3 is 2.95 bits per heavy atom. The van der Waals surface area contributed by atoms with Crippen molar-refractivity contribution in [3.05, 3.63) is 34.9 Å². The maximum Gasteiger partial charge on any atom is 0.205 e. The second-order valence-electron chi connectivity index (χ2n) is 5.44. The van der Waals surface area contributed by atoms with E-state index in [0.29, 0.717) is 17.3 Å². The highest BCUT2D eigenvalue weighted by atomic mass is 35.5. The first-order valence-electron chi connectivity index (χ1n) is 6.86. The van der Waals surface area contributed by atoms with Gasteiger partial charge in [-0.1, -0.05) is 29.8 Å². The summed E-state index contributed by atoms with van der Waals surface area (Å²) in [5, 5.41) is 0.566. The van der Waals surface area contributed by atoms with Crippen LogP contribution in [-0.2, 0) is 15.1 Å². The minimum atomic E-state index is -0.914. The fraction of sp³-hybridized carbons (Fsp3) is 0.467. The molecule has 2 aliphatic rings. The molecule has 1 aliphatic heterocycles. The summed E-state index contributed by atoms with van der Waals surface area (Å²) in [5.41, 5.74) is 5.74. The van der Waals surface area contributed by atoms with Crippen molar-refractivity contribution in [1.29, 1.82) is 0 Å². The van der Waals surface area contributed by atoms with Gasteiger partial charge in [0.25, 0.3) is 0 Å². The van der Waals surface area contributed by atoms with Gasteiger partial charge in [-0.25, -0.2) is 4.99 Å². The third kappa shape index (κ3) is 1.95.